The van der Waals surface area contributed by atoms with E-state index in [2.05, 4.69) is 5.16 Å². The van der Waals surface area contributed by atoms with E-state index in [-0.39, 0.29) is 17.9 Å². The molecule has 0 aliphatic carbocycles. The third-order valence-electron chi connectivity index (χ3n) is 4.04. The molecule has 0 N–H and O–H groups in total. The lowest BCUT2D eigenvalue weighted by atomic mass is 10.1. The Labute approximate surface area is 152 Å². The van der Waals surface area contributed by atoms with Crippen LogP contribution in [-0.4, -0.2) is 29.2 Å². The Bertz CT molecular complexity index is 755. The van der Waals surface area contributed by atoms with E-state index in [4.69, 9.17) is 20.9 Å². The second-order valence-corrected chi connectivity index (χ2v) is 6.80. The van der Waals surface area contributed by atoms with Crippen LogP contribution in [0.25, 0.3) is 0 Å². The van der Waals surface area contributed by atoms with Crippen molar-refractivity contribution in [3.63, 3.8) is 0 Å². The van der Waals surface area contributed by atoms with E-state index in [1.54, 1.807) is 12.1 Å². The Hall–Kier alpha value is -2.27. The van der Waals surface area contributed by atoms with Crippen molar-refractivity contribution in [3.05, 3.63) is 59.0 Å². The maximum Gasteiger partial charge on any atom is 0.225 e. The van der Waals surface area contributed by atoms with Gasteiger partial charge in [-0.05, 0) is 29.3 Å². The van der Waals surface area contributed by atoms with Crippen LogP contribution in [0.4, 0.5) is 0 Å². The monoisotopic (exact) mass is 360 g/mol. The molecule has 0 radical (unpaired) electrons. The van der Waals surface area contributed by atoms with E-state index in [9.17, 15) is 4.79 Å². The minimum Gasteiger partial charge on any atom is -0.443 e. The molecule has 0 fully saturated rings. The molecule has 5 nitrogen and oxygen atoms in total. The number of rotatable bonds is 6. The van der Waals surface area contributed by atoms with Gasteiger partial charge in [0.15, 0.2) is 17.1 Å². The zero-order valence-electron chi connectivity index (χ0n) is 14.3. The average molecular weight is 361 g/mol. The molecule has 1 aliphatic heterocycles. The summed E-state index contributed by atoms with van der Waals surface area (Å²) in [6.07, 6.45) is 0.394. The molecule has 0 unspecified atom stereocenters. The zero-order valence-corrected chi connectivity index (χ0v) is 15.1. The molecule has 6 heteroatoms. The molecule has 132 valence electrons. The molecule has 2 aromatic rings. The van der Waals surface area contributed by atoms with E-state index in [0.29, 0.717) is 36.2 Å². The van der Waals surface area contributed by atoms with Gasteiger partial charge in [0.2, 0.25) is 5.91 Å². The van der Waals surface area contributed by atoms with Crippen LogP contribution >= 0.6 is 11.6 Å². The number of hydrogen-bond donors (Lipinski definition) is 0. The summed E-state index contributed by atoms with van der Waals surface area (Å²) in [6.45, 7) is 4.85. The molecule has 1 aromatic heterocycles. The third kappa shape index (κ3) is 4.42. The molecule has 3 rings (SSSR count). The SMILES string of the molecule is CC(C)C(=O)N(Cc1ccccc1)C[C@H]1CC(c2ccc(Cl)o2)=NO1. The highest BCUT2D eigenvalue weighted by Crippen LogP contribution is 2.22. The molecule has 1 atom stereocenters. The number of hydrogen-bond acceptors (Lipinski definition) is 4. The van der Waals surface area contributed by atoms with Crippen LogP contribution in [0.5, 0.6) is 0 Å². The minimum absolute atomic E-state index is 0.0746. The van der Waals surface area contributed by atoms with Crippen molar-refractivity contribution < 1.29 is 14.0 Å². The lowest BCUT2D eigenvalue weighted by Crippen LogP contribution is -2.39. The smallest absolute Gasteiger partial charge is 0.225 e. The molecule has 0 bridgehead atoms. The van der Waals surface area contributed by atoms with E-state index in [0.717, 1.165) is 5.56 Å². The number of amides is 1. The van der Waals surface area contributed by atoms with E-state index >= 15 is 0 Å². The molecule has 1 aromatic carbocycles. The number of oxime groups is 1. The molecule has 2 heterocycles. The number of carbonyl (C=O) groups excluding carboxylic acids is 1. The Morgan fingerprint density at radius 1 is 1.28 bits per heavy atom. The van der Waals surface area contributed by atoms with Crippen molar-refractivity contribution in [2.75, 3.05) is 6.54 Å². The number of nitrogens with zero attached hydrogens (tertiary/aromatic N) is 2. The molecule has 0 saturated carbocycles. The van der Waals surface area contributed by atoms with Crippen LogP contribution in [0, 0.1) is 5.92 Å². The first-order chi connectivity index (χ1) is 12.0. The van der Waals surface area contributed by atoms with Gasteiger partial charge in [0.1, 0.15) is 5.71 Å². The van der Waals surface area contributed by atoms with E-state index in [1.807, 2.05) is 49.1 Å². The largest absolute Gasteiger partial charge is 0.443 e. The summed E-state index contributed by atoms with van der Waals surface area (Å²) in [7, 11) is 0. The Morgan fingerprint density at radius 3 is 2.68 bits per heavy atom. The summed E-state index contributed by atoms with van der Waals surface area (Å²) in [5.74, 6) is 0.633. The van der Waals surface area contributed by atoms with Crippen molar-refractivity contribution in [2.24, 2.45) is 11.1 Å². The van der Waals surface area contributed by atoms with Gasteiger partial charge in [-0.25, -0.2) is 0 Å². The highest BCUT2D eigenvalue weighted by atomic mass is 35.5. The maximum absolute atomic E-state index is 12.6. The van der Waals surface area contributed by atoms with Crippen LogP contribution in [0.15, 0.2) is 52.0 Å². The molecule has 1 amide bonds. The van der Waals surface area contributed by atoms with Crippen LogP contribution in [0.1, 0.15) is 31.6 Å². The number of carbonyl (C=O) groups is 1. The van der Waals surface area contributed by atoms with Gasteiger partial charge in [-0.1, -0.05) is 49.3 Å². The fourth-order valence-corrected chi connectivity index (χ4v) is 2.93. The summed E-state index contributed by atoms with van der Waals surface area (Å²) >= 11 is 5.81. The van der Waals surface area contributed by atoms with E-state index in [1.165, 1.54) is 0 Å². The van der Waals surface area contributed by atoms with Gasteiger partial charge in [-0.15, -0.1) is 0 Å². The van der Waals surface area contributed by atoms with Crippen molar-refractivity contribution in [2.45, 2.75) is 32.9 Å². The second-order valence-electron chi connectivity index (χ2n) is 6.43. The summed E-state index contributed by atoms with van der Waals surface area (Å²) in [4.78, 5) is 19.9. The highest BCUT2D eigenvalue weighted by Gasteiger charge is 2.29. The molecule has 25 heavy (non-hydrogen) atoms. The Kier molecular flexibility index (Phi) is 5.43. The van der Waals surface area contributed by atoms with Gasteiger partial charge >= 0.3 is 0 Å². The molecule has 1 aliphatic rings. The minimum atomic E-state index is -0.190. The fraction of sp³-hybridized carbons (Fsp3) is 0.368. The molecular formula is C19H21ClN2O3. The summed E-state index contributed by atoms with van der Waals surface area (Å²) < 4.78 is 5.38. The lowest BCUT2D eigenvalue weighted by Gasteiger charge is -2.26. The Morgan fingerprint density at radius 2 is 2.04 bits per heavy atom. The number of furan rings is 1. The lowest BCUT2D eigenvalue weighted by molar-refractivity contribution is -0.136. The standard InChI is InChI=1S/C19H21ClN2O3/c1-13(2)19(23)22(11-14-6-4-3-5-7-14)12-15-10-16(21-25-15)17-8-9-18(20)24-17/h3-9,13,15H,10-12H2,1-2H3/t15-/m1/s1. The van der Waals surface area contributed by atoms with Crippen LogP contribution in [0.2, 0.25) is 5.22 Å². The van der Waals surface area contributed by atoms with Crippen LogP contribution < -0.4 is 0 Å². The zero-order chi connectivity index (χ0) is 17.8. The normalized spacial score (nSPS) is 16.6. The van der Waals surface area contributed by atoms with Crippen molar-refractivity contribution in [1.82, 2.24) is 4.90 Å². The van der Waals surface area contributed by atoms with E-state index < -0.39 is 0 Å². The molecular weight excluding hydrogens is 340 g/mol. The Balaban J connectivity index is 1.66. The van der Waals surface area contributed by atoms with Crippen molar-refractivity contribution >= 4 is 23.2 Å². The van der Waals surface area contributed by atoms with Gasteiger partial charge < -0.3 is 14.2 Å². The van der Waals surface area contributed by atoms with Gasteiger partial charge in [0.05, 0.1) is 6.54 Å². The number of halogens is 1. The predicted molar refractivity (Wildman–Crippen MR) is 96.4 cm³/mol. The maximum atomic E-state index is 12.6. The third-order valence-corrected chi connectivity index (χ3v) is 4.24. The fourth-order valence-electron chi connectivity index (χ4n) is 2.79. The van der Waals surface area contributed by atoms with Gasteiger partial charge in [0.25, 0.3) is 0 Å². The van der Waals surface area contributed by atoms with Crippen molar-refractivity contribution in [3.8, 4) is 0 Å². The molecule has 0 saturated heterocycles. The summed E-state index contributed by atoms with van der Waals surface area (Å²) in [5, 5.41) is 4.41. The summed E-state index contributed by atoms with van der Waals surface area (Å²) in [5.41, 5.74) is 1.81. The van der Waals surface area contributed by atoms with Gasteiger partial charge in [0, 0.05) is 18.9 Å². The predicted octanol–water partition coefficient (Wildman–Crippen LogP) is 4.11. The number of benzene rings is 1. The van der Waals surface area contributed by atoms with Gasteiger partial charge in [-0.3, -0.25) is 4.79 Å². The average Bonchev–Trinajstić information content (AvgIpc) is 3.23. The molecule has 0 spiro atoms. The summed E-state index contributed by atoms with van der Waals surface area (Å²) in [6, 6.07) is 13.4. The topological polar surface area (TPSA) is 55.0 Å². The van der Waals surface area contributed by atoms with Crippen molar-refractivity contribution in [1.29, 1.82) is 0 Å². The highest BCUT2D eigenvalue weighted by molar-refractivity contribution is 6.29. The quantitative estimate of drug-likeness (QED) is 0.778. The first kappa shape index (κ1) is 17.5. The first-order valence-electron chi connectivity index (χ1n) is 8.34. The van der Waals surface area contributed by atoms with Gasteiger partial charge in [-0.2, -0.15) is 0 Å². The first-order valence-corrected chi connectivity index (χ1v) is 8.72. The van der Waals surface area contributed by atoms with Crippen LogP contribution in [-0.2, 0) is 16.2 Å². The van der Waals surface area contributed by atoms with Crippen LogP contribution in [0.3, 0.4) is 0 Å². The second kappa shape index (κ2) is 7.74.